The molecule has 0 saturated carbocycles. The van der Waals surface area contributed by atoms with Crippen LogP contribution in [0.3, 0.4) is 0 Å². The number of nitrogens with one attached hydrogen (secondary N) is 1. The fourth-order valence-corrected chi connectivity index (χ4v) is 1.58. The summed E-state index contributed by atoms with van der Waals surface area (Å²) in [5, 5.41) is 11.9. The van der Waals surface area contributed by atoms with Gasteiger partial charge in [0, 0.05) is 11.8 Å². The van der Waals surface area contributed by atoms with Gasteiger partial charge < -0.3 is 15.2 Å². The van der Waals surface area contributed by atoms with Crippen molar-refractivity contribution in [3.63, 3.8) is 0 Å². The normalized spacial score (nSPS) is 12.6. The van der Waals surface area contributed by atoms with Crippen molar-refractivity contribution >= 4 is 11.9 Å². The molecular weight excluding hydrogens is 258 g/mol. The van der Waals surface area contributed by atoms with E-state index in [-0.39, 0.29) is 11.7 Å². The van der Waals surface area contributed by atoms with Gasteiger partial charge in [-0.05, 0) is 17.7 Å². The molecule has 1 amide bonds. The van der Waals surface area contributed by atoms with Crippen LogP contribution in [0, 0.1) is 5.41 Å². The van der Waals surface area contributed by atoms with E-state index in [0.717, 1.165) is 5.56 Å². The first-order chi connectivity index (χ1) is 9.24. The number of rotatable bonds is 4. The molecule has 1 rings (SSSR count). The lowest BCUT2D eigenvalue weighted by molar-refractivity contribution is -0.146. The average molecular weight is 279 g/mol. The van der Waals surface area contributed by atoms with Crippen LogP contribution in [-0.2, 0) is 20.7 Å². The van der Waals surface area contributed by atoms with Crippen molar-refractivity contribution in [2.75, 3.05) is 7.11 Å². The van der Waals surface area contributed by atoms with Crippen LogP contribution in [0.25, 0.3) is 0 Å². The van der Waals surface area contributed by atoms with E-state index < -0.39 is 17.4 Å². The van der Waals surface area contributed by atoms with Gasteiger partial charge in [-0.15, -0.1) is 0 Å². The Kier molecular flexibility index (Phi) is 5.13. The number of benzene rings is 1. The number of aromatic hydroxyl groups is 1. The maximum Gasteiger partial charge on any atom is 0.328 e. The van der Waals surface area contributed by atoms with E-state index >= 15 is 0 Å². The molecule has 0 bridgehead atoms. The Balaban J connectivity index is 2.82. The number of carbonyl (C=O) groups excluding carboxylic acids is 2. The lowest BCUT2D eigenvalue weighted by Crippen LogP contribution is -2.47. The molecule has 5 nitrogen and oxygen atoms in total. The minimum Gasteiger partial charge on any atom is -0.508 e. The highest BCUT2D eigenvalue weighted by Gasteiger charge is 2.28. The third kappa shape index (κ3) is 4.57. The molecule has 110 valence electrons. The van der Waals surface area contributed by atoms with Crippen molar-refractivity contribution < 1.29 is 19.4 Å². The van der Waals surface area contributed by atoms with Crippen molar-refractivity contribution in [3.05, 3.63) is 29.8 Å². The highest BCUT2D eigenvalue weighted by atomic mass is 16.5. The predicted molar refractivity (Wildman–Crippen MR) is 75.2 cm³/mol. The van der Waals surface area contributed by atoms with Crippen LogP contribution in [0.2, 0.25) is 0 Å². The Hall–Kier alpha value is -2.04. The molecule has 0 aliphatic rings. The number of amides is 1. The van der Waals surface area contributed by atoms with E-state index in [0.29, 0.717) is 6.42 Å². The van der Waals surface area contributed by atoms with Gasteiger partial charge in [0.15, 0.2) is 0 Å². The van der Waals surface area contributed by atoms with E-state index in [1.807, 2.05) is 0 Å². The van der Waals surface area contributed by atoms with Gasteiger partial charge in [0.05, 0.1) is 7.11 Å². The fraction of sp³-hybridized carbons (Fsp3) is 0.467. The molecule has 0 heterocycles. The SMILES string of the molecule is COC(=O)[C@@H](Cc1ccc(O)cc1)NC(=O)C(C)(C)C. The monoisotopic (exact) mass is 279 g/mol. The number of methoxy groups -OCH3 is 1. The average Bonchev–Trinajstić information content (AvgIpc) is 2.38. The maximum absolute atomic E-state index is 12.0. The second-order valence-corrected chi connectivity index (χ2v) is 5.67. The topological polar surface area (TPSA) is 75.6 Å². The van der Waals surface area contributed by atoms with E-state index in [1.54, 1.807) is 32.9 Å². The van der Waals surface area contributed by atoms with Crippen molar-refractivity contribution in [1.82, 2.24) is 5.32 Å². The molecule has 0 aliphatic carbocycles. The Bertz CT molecular complexity index is 474. The molecule has 1 aromatic carbocycles. The lowest BCUT2D eigenvalue weighted by Gasteiger charge is -2.23. The smallest absolute Gasteiger partial charge is 0.328 e. The van der Waals surface area contributed by atoms with E-state index in [9.17, 15) is 14.7 Å². The summed E-state index contributed by atoms with van der Waals surface area (Å²) in [6.07, 6.45) is 0.314. The van der Waals surface area contributed by atoms with Crippen LogP contribution in [0.1, 0.15) is 26.3 Å². The molecule has 0 saturated heterocycles. The van der Waals surface area contributed by atoms with E-state index in [4.69, 9.17) is 4.74 Å². The van der Waals surface area contributed by atoms with Gasteiger partial charge >= 0.3 is 5.97 Å². The minimum atomic E-state index is -0.740. The number of phenols is 1. The highest BCUT2D eigenvalue weighted by Crippen LogP contribution is 2.15. The van der Waals surface area contributed by atoms with Gasteiger partial charge in [0.2, 0.25) is 5.91 Å². The van der Waals surface area contributed by atoms with Gasteiger partial charge in [0.1, 0.15) is 11.8 Å². The number of ether oxygens (including phenoxy) is 1. The summed E-state index contributed by atoms with van der Waals surface area (Å²) in [5.41, 5.74) is 0.244. The van der Waals surface area contributed by atoms with E-state index in [1.165, 1.54) is 19.2 Å². The van der Waals surface area contributed by atoms with Gasteiger partial charge in [0.25, 0.3) is 0 Å². The molecule has 5 heteroatoms. The second kappa shape index (κ2) is 6.41. The fourth-order valence-electron chi connectivity index (χ4n) is 1.58. The number of esters is 1. The summed E-state index contributed by atoms with van der Waals surface area (Å²) in [4.78, 5) is 23.7. The molecule has 1 aromatic rings. The summed E-state index contributed by atoms with van der Waals surface area (Å²) in [7, 11) is 1.29. The molecule has 2 N–H and O–H groups in total. The zero-order valence-corrected chi connectivity index (χ0v) is 12.3. The van der Waals surface area contributed by atoms with Gasteiger partial charge in [-0.1, -0.05) is 32.9 Å². The molecule has 0 radical (unpaired) electrons. The van der Waals surface area contributed by atoms with Crippen molar-refractivity contribution in [3.8, 4) is 5.75 Å². The van der Waals surface area contributed by atoms with Gasteiger partial charge in [-0.25, -0.2) is 4.79 Å². The Morgan fingerprint density at radius 1 is 1.25 bits per heavy atom. The first-order valence-electron chi connectivity index (χ1n) is 6.40. The summed E-state index contributed by atoms with van der Waals surface area (Å²) in [6, 6.07) is 5.74. The number of hydrogen-bond donors (Lipinski definition) is 2. The first kappa shape index (κ1) is 16.0. The highest BCUT2D eigenvalue weighted by molar-refractivity contribution is 5.87. The molecule has 0 fully saturated rings. The summed E-state index contributed by atoms with van der Waals surface area (Å²) in [6.45, 7) is 5.33. The van der Waals surface area contributed by atoms with Crippen molar-refractivity contribution in [2.45, 2.75) is 33.2 Å². The van der Waals surface area contributed by atoms with Crippen molar-refractivity contribution in [2.24, 2.45) is 5.41 Å². The zero-order chi connectivity index (χ0) is 15.3. The molecule has 0 aromatic heterocycles. The largest absolute Gasteiger partial charge is 0.508 e. The Morgan fingerprint density at radius 3 is 2.25 bits per heavy atom. The third-order valence-electron chi connectivity index (χ3n) is 2.85. The molecular formula is C15H21NO4. The quantitative estimate of drug-likeness (QED) is 0.822. The second-order valence-electron chi connectivity index (χ2n) is 5.67. The number of phenolic OH excluding ortho intramolecular Hbond substituents is 1. The Morgan fingerprint density at radius 2 is 1.80 bits per heavy atom. The van der Waals surface area contributed by atoms with Crippen LogP contribution < -0.4 is 5.32 Å². The number of carbonyl (C=O) groups is 2. The van der Waals surface area contributed by atoms with Crippen LogP contribution in [0.5, 0.6) is 5.75 Å². The summed E-state index contributed by atoms with van der Waals surface area (Å²) < 4.78 is 4.72. The first-order valence-corrected chi connectivity index (χ1v) is 6.40. The maximum atomic E-state index is 12.0. The van der Waals surface area contributed by atoms with Crippen molar-refractivity contribution in [1.29, 1.82) is 0 Å². The van der Waals surface area contributed by atoms with Crippen LogP contribution in [-0.4, -0.2) is 30.1 Å². The van der Waals surface area contributed by atoms with E-state index in [2.05, 4.69) is 5.32 Å². The third-order valence-corrected chi connectivity index (χ3v) is 2.85. The number of hydrogen-bond acceptors (Lipinski definition) is 4. The van der Waals surface area contributed by atoms with Crippen LogP contribution in [0.15, 0.2) is 24.3 Å². The van der Waals surface area contributed by atoms with Gasteiger partial charge in [-0.3, -0.25) is 4.79 Å². The van der Waals surface area contributed by atoms with Gasteiger partial charge in [-0.2, -0.15) is 0 Å². The van der Waals surface area contributed by atoms with Crippen LogP contribution in [0.4, 0.5) is 0 Å². The predicted octanol–water partition coefficient (Wildman–Crippen LogP) is 1.64. The molecule has 0 spiro atoms. The standard InChI is InChI=1S/C15H21NO4/c1-15(2,3)14(19)16-12(13(18)20-4)9-10-5-7-11(17)8-6-10/h5-8,12,17H,9H2,1-4H3,(H,16,19)/t12-/m1/s1. The zero-order valence-electron chi connectivity index (χ0n) is 12.3. The molecule has 1 atom stereocenters. The Labute approximate surface area is 118 Å². The summed E-state index contributed by atoms with van der Waals surface area (Å²) >= 11 is 0. The molecule has 0 aliphatic heterocycles. The summed E-state index contributed by atoms with van der Waals surface area (Å²) in [5.74, 6) is -0.551. The molecule has 0 unspecified atom stereocenters. The minimum absolute atomic E-state index is 0.155. The van der Waals surface area contributed by atoms with Crippen LogP contribution >= 0.6 is 0 Å². The molecule has 20 heavy (non-hydrogen) atoms. The lowest BCUT2D eigenvalue weighted by atomic mass is 9.94.